The van der Waals surface area contributed by atoms with Crippen LogP contribution in [-0.2, 0) is 10.2 Å². The zero-order valence-corrected chi connectivity index (χ0v) is 20.3. The van der Waals surface area contributed by atoms with Crippen LogP contribution in [0.15, 0.2) is 30.6 Å². The molecule has 0 saturated heterocycles. The quantitative estimate of drug-likeness (QED) is 0.422. The number of aromatic nitrogens is 4. The first kappa shape index (κ1) is 24.3. The van der Waals surface area contributed by atoms with Crippen LogP contribution in [0.25, 0.3) is 11.3 Å². The molecular weight excluding hydrogens is 446 g/mol. The van der Waals surface area contributed by atoms with Crippen molar-refractivity contribution >= 4 is 17.3 Å². The zero-order valence-electron chi connectivity index (χ0n) is 20.3. The minimum Gasteiger partial charge on any atom is -0.473 e. The van der Waals surface area contributed by atoms with Crippen molar-refractivity contribution in [1.29, 1.82) is 5.26 Å². The van der Waals surface area contributed by atoms with Crippen molar-refractivity contribution in [1.82, 2.24) is 19.9 Å². The molecule has 0 saturated carbocycles. The monoisotopic (exact) mass is 475 g/mol. The highest BCUT2D eigenvalue weighted by Crippen LogP contribution is 2.41. The van der Waals surface area contributed by atoms with Crippen LogP contribution in [0.2, 0.25) is 0 Å². The number of fused-ring (bicyclic) bond motifs is 1. The Hall–Kier alpha value is -3.81. The van der Waals surface area contributed by atoms with Gasteiger partial charge in [0.05, 0.1) is 35.9 Å². The van der Waals surface area contributed by atoms with Gasteiger partial charge < -0.3 is 25.2 Å². The molecular formula is C25H29N7O3. The average molecular weight is 476 g/mol. The Morgan fingerprint density at radius 2 is 2.14 bits per heavy atom. The molecule has 0 radical (unpaired) electrons. The highest BCUT2D eigenvalue weighted by atomic mass is 16.5. The van der Waals surface area contributed by atoms with E-state index in [9.17, 15) is 10.4 Å². The summed E-state index contributed by atoms with van der Waals surface area (Å²) >= 11 is 0. The predicted octanol–water partition coefficient (Wildman–Crippen LogP) is 3.34. The molecule has 0 aliphatic carbocycles. The number of rotatable bonds is 9. The molecule has 3 N–H and O–H groups in total. The Morgan fingerprint density at radius 1 is 1.31 bits per heavy atom. The smallest absolute Gasteiger partial charge is 0.241 e. The second-order valence-corrected chi connectivity index (χ2v) is 8.73. The predicted molar refractivity (Wildman–Crippen MR) is 132 cm³/mol. The van der Waals surface area contributed by atoms with Gasteiger partial charge in [-0.25, -0.2) is 15.0 Å². The Labute approximate surface area is 204 Å². The second kappa shape index (κ2) is 10.2. The maximum Gasteiger partial charge on any atom is 0.241 e. The molecule has 3 aromatic rings. The van der Waals surface area contributed by atoms with Crippen LogP contribution in [-0.4, -0.2) is 58.0 Å². The minimum absolute atomic E-state index is 0.0317. The van der Waals surface area contributed by atoms with E-state index in [0.717, 1.165) is 23.2 Å². The van der Waals surface area contributed by atoms with Gasteiger partial charge in [-0.15, -0.1) is 0 Å². The van der Waals surface area contributed by atoms with Gasteiger partial charge >= 0.3 is 0 Å². The molecule has 0 spiro atoms. The summed E-state index contributed by atoms with van der Waals surface area (Å²) in [5.74, 6) is 1.30. The number of aliphatic hydroxyl groups is 1. The molecule has 10 heteroatoms. The first-order chi connectivity index (χ1) is 16.9. The number of ether oxygens (including phenoxy) is 2. The Kier molecular flexibility index (Phi) is 7.10. The summed E-state index contributed by atoms with van der Waals surface area (Å²) in [7, 11) is 1.65. The third-order valence-corrected chi connectivity index (χ3v) is 6.18. The van der Waals surface area contributed by atoms with E-state index in [-0.39, 0.29) is 12.7 Å². The fourth-order valence-corrected chi connectivity index (χ4v) is 3.93. The normalized spacial score (nSPS) is 17.3. The largest absolute Gasteiger partial charge is 0.473 e. The van der Waals surface area contributed by atoms with Crippen LogP contribution in [0.1, 0.15) is 37.2 Å². The lowest BCUT2D eigenvalue weighted by Crippen LogP contribution is -2.28. The number of anilines is 3. The molecule has 1 aromatic carbocycles. The van der Waals surface area contributed by atoms with Gasteiger partial charge in [-0.3, -0.25) is 0 Å². The third-order valence-electron chi connectivity index (χ3n) is 6.18. The molecule has 10 nitrogen and oxygen atoms in total. The molecule has 2 atom stereocenters. The average Bonchev–Trinajstić information content (AvgIpc) is 3.23. The van der Waals surface area contributed by atoms with Crippen molar-refractivity contribution in [3.8, 4) is 23.2 Å². The fraction of sp³-hybridized carbons (Fsp3) is 0.400. The van der Waals surface area contributed by atoms with E-state index in [1.54, 1.807) is 38.6 Å². The number of nitriles is 1. The summed E-state index contributed by atoms with van der Waals surface area (Å²) in [5, 5.41) is 26.1. The zero-order chi connectivity index (χ0) is 25.0. The number of aryl methyl sites for hydroxylation is 1. The van der Waals surface area contributed by atoms with Gasteiger partial charge in [0.25, 0.3) is 0 Å². The van der Waals surface area contributed by atoms with Crippen molar-refractivity contribution in [3.63, 3.8) is 0 Å². The Bertz CT molecular complexity index is 1260. The van der Waals surface area contributed by atoms with Crippen molar-refractivity contribution in [2.45, 2.75) is 38.7 Å². The highest BCUT2D eigenvalue weighted by Gasteiger charge is 2.36. The summed E-state index contributed by atoms with van der Waals surface area (Å²) in [6, 6.07) is 7.79. The lowest BCUT2D eigenvalue weighted by atomic mass is 9.83. The summed E-state index contributed by atoms with van der Waals surface area (Å²) < 4.78 is 11.3. The van der Waals surface area contributed by atoms with Crippen molar-refractivity contribution < 1.29 is 14.6 Å². The lowest BCUT2D eigenvalue weighted by Gasteiger charge is -2.21. The van der Waals surface area contributed by atoms with Gasteiger partial charge in [0.1, 0.15) is 24.2 Å². The second-order valence-electron chi connectivity index (χ2n) is 8.73. The van der Waals surface area contributed by atoms with Gasteiger partial charge in [0.15, 0.2) is 0 Å². The number of benzene rings is 1. The molecule has 0 amide bonds. The number of hydrogen-bond donors (Lipinski definition) is 3. The molecule has 35 heavy (non-hydrogen) atoms. The summed E-state index contributed by atoms with van der Waals surface area (Å²) in [5.41, 5.74) is 3.62. The standard InChI is InChI=1S/C25H29N7O3/c1-5-18(34-4)12-35-23-21(11-28-15(2)30-23)32-24-27-7-6-20(31-24)16-8-17(10-26)22-19(9-16)25(3,14-33)13-29-22/h6-9,11,18,29,33H,5,12-14H2,1-4H3,(H,27,31,32). The van der Waals surface area contributed by atoms with Crippen LogP contribution < -0.4 is 15.4 Å². The maximum absolute atomic E-state index is 9.97. The van der Waals surface area contributed by atoms with E-state index >= 15 is 0 Å². The summed E-state index contributed by atoms with van der Waals surface area (Å²) in [6.45, 7) is 6.66. The van der Waals surface area contributed by atoms with Crippen LogP contribution in [0.4, 0.5) is 17.3 Å². The summed E-state index contributed by atoms with van der Waals surface area (Å²) in [6.07, 6.45) is 4.03. The van der Waals surface area contributed by atoms with E-state index < -0.39 is 5.41 Å². The summed E-state index contributed by atoms with van der Waals surface area (Å²) in [4.78, 5) is 17.7. The fourth-order valence-electron chi connectivity index (χ4n) is 3.93. The van der Waals surface area contributed by atoms with Crippen molar-refractivity contribution in [3.05, 3.63) is 47.5 Å². The molecule has 2 unspecified atom stereocenters. The number of nitrogens with one attached hydrogen (secondary N) is 2. The molecule has 2 aromatic heterocycles. The maximum atomic E-state index is 9.97. The van der Waals surface area contributed by atoms with Gasteiger partial charge in [0.2, 0.25) is 11.8 Å². The molecule has 0 bridgehead atoms. The van der Waals surface area contributed by atoms with E-state index in [1.165, 1.54) is 0 Å². The number of aliphatic hydroxyl groups excluding tert-OH is 1. The number of nitrogens with zero attached hydrogens (tertiary/aromatic N) is 5. The lowest BCUT2D eigenvalue weighted by molar-refractivity contribution is 0.0542. The Balaban J connectivity index is 1.65. The topological polar surface area (TPSA) is 138 Å². The van der Waals surface area contributed by atoms with Gasteiger partial charge in [-0.1, -0.05) is 13.8 Å². The van der Waals surface area contributed by atoms with Crippen LogP contribution in [0, 0.1) is 18.3 Å². The van der Waals surface area contributed by atoms with Gasteiger partial charge in [-0.05, 0) is 37.1 Å². The number of methoxy groups -OCH3 is 1. The molecule has 1 aliphatic heterocycles. The molecule has 0 fully saturated rings. The third kappa shape index (κ3) is 5.01. The van der Waals surface area contributed by atoms with E-state index in [2.05, 4.69) is 36.6 Å². The molecule has 182 valence electrons. The number of hydrogen-bond acceptors (Lipinski definition) is 10. The van der Waals surface area contributed by atoms with E-state index in [1.807, 2.05) is 19.9 Å². The Morgan fingerprint density at radius 3 is 2.86 bits per heavy atom. The highest BCUT2D eigenvalue weighted by molar-refractivity contribution is 5.76. The van der Waals surface area contributed by atoms with Crippen molar-refractivity contribution in [2.75, 3.05) is 37.5 Å². The van der Waals surface area contributed by atoms with Crippen molar-refractivity contribution in [2.24, 2.45) is 0 Å². The van der Waals surface area contributed by atoms with Crippen LogP contribution >= 0.6 is 0 Å². The molecule has 3 heterocycles. The van der Waals surface area contributed by atoms with E-state index in [0.29, 0.717) is 47.7 Å². The molecule has 4 rings (SSSR count). The van der Waals surface area contributed by atoms with Gasteiger partial charge in [0, 0.05) is 30.8 Å². The first-order valence-electron chi connectivity index (χ1n) is 11.4. The SMILES string of the molecule is CCC(COc1nc(C)ncc1Nc1nccc(-c2cc(C#N)c3c(c2)C(C)(CO)CN3)n1)OC. The van der Waals surface area contributed by atoms with E-state index in [4.69, 9.17) is 9.47 Å². The first-order valence-corrected chi connectivity index (χ1v) is 11.4. The van der Waals surface area contributed by atoms with Crippen LogP contribution in [0.5, 0.6) is 5.88 Å². The molecule has 1 aliphatic rings. The minimum atomic E-state index is -0.477. The van der Waals surface area contributed by atoms with Crippen LogP contribution in [0.3, 0.4) is 0 Å². The van der Waals surface area contributed by atoms with Gasteiger partial charge in [-0.2, -0.15) is 10.2 Å².